The van der Waals surface area contributed by atoms with Gasteiger partial charge >= 0.3 is 0 Å². The van der Waals surface area contributed by atoms with E-state index in [1.807, 2.05) is 30.5 Å². The molecule has 1 aromatic heterocycles. The Balaban J connectivity index is 1.40. The summed E-state index contributed by atoms with van der Waals surface area (Å²) in [5.41, 5.74) is 3.22. The Morgan fingerprint density at radius 3 is 2.76 bits per heavy atom. The standard InChI is InChI=1S/C24H32N4O/c1-18-8-5-6-12-21(18)26-24-25-14-13-22(27-24)20-11-7-15-28(17-20)23(29)16-19-9-3-2-4-10-19/h5-6,8,12-14,19-20H,2-4,7,9-11,15-17H2,1H3,(H,25,26,27)/t20-/m0/s1. The average molecular weight is 393 g/mol. The van der Waals surface area contributed by atoms with E-state index in [1.54, 1.807) is 0 Å². The highest BCUT2D eigenvalue weighted by Gasteiger charge is 2.27. The first kappa shape index (κ1) is 19.9. The zero-order valence-electron chi connectivity index (χ0n) is 17.4. The molecule has 2 fully saturated rings. The Morgan fingerprint density at radius 1 is 1.10 bits per heavy atom. The van der Waals surface area contributed by atoms with E-state index in [2.05, 4.69) is 28.2 Å². The van der Waals surface area contributed by atoms with Crippen molar-refractivity contribution in [1.82, 2.24) is 14.9 Å². The van der Waals surface area contributed by atoms with Gasteiger partial charge in [0.15, 0.2) is 0 Å². The number of piperidine rings is 1. The molecule has 0 radical (unpaired) electrons. The minimum absolute atomic E-state index is 0.291. The molecule has 1 N–H and O–H groups in total. The molecule has 0 bridgehead atoms. The number of rotatable bonds is 5. The Hall–Kier alpha value is -2.43. The maximum absolute atomic E-state index is 12.9. The Bertz CT molecular complexity index is 831. The number of aromatic nitrogens is 2. The first-order valence-electron chi connectivity index (χ1n) is 11.1. The molecular formula is C24H32N4O. The topological polar surface area (TPSA) is 58.1 Å². The second-order valence-corrected chi connectivity index (χ2v) is 8.63. The molecule has 1 saturated heterocycles. The van der Waals surface area contributed by atoms with Gasteiger partial charge in [-0.3, -0.25) is 4.79 Å². The average Bonchev–Trinajstić information content (AvgIpc) is 2.76. The van der Waals surface area contributed by atoms with Crippen molar-refractivity contribution in [3.05, 3.63) is 47.8 Å². The van der Waals surface area contributed by atoms with Crippen LogP contribution >= 0.6 is 0 Å². The molecule has 154 valence electrons. The SMILES string of the molecule is Cc1ccccc1Nc1nccc([C@H]2CCCN(C(=O)CC3CCCCC3)C2)n1. The van der Waals surface area contributed by atoms with Gasteiger partial charge in [0.1, 0.15) is 0 Å². The lowest BCUT2D eigenvalue weighted by Crippen LogP contribution is -2.40. The van der Waals surface area contributed by atoms with E-state index in [4.69, 9.17) is 4.98 Å². The highest BCUT2D eigenvalue weighted by atomic mass is 16.2. The molecule has 2 aliphatic rings. The predicted molar refractivity (Wildman–Crippen MR) is 116 cm³/mol. The minimum atomic E-state index is 0.291. The number of nitrogens with zero attached hydrogens (tertiary/aromatic N) is 3. The maximum atomic E-state index is 12.9. The molecule has 1 atom stereocenters. The van der Waals surface area contributed by atoms with E-state index in [1.165, 1.54) is 37.7 Å². The summed E-state index contributed by atoms with van der Waals surface area (Å²) < 4.78 is 0. The molecule has 5 heteroatoms. The number of para-hydroxylation sites is 1. The molecule has 4 rings (SSSR count). The van der Waals surface area contributed by atoms with Crippen LogP contribution in [0.15, 0.2) is 36.5 Å². The van der Waals surface area contributed by atoms with Gasteiger partial charge in [0, 0.05) is 37.3 Å². The molecule has 2 aromatic rings. The molecule has 2 heterocycles. The van der Waals surface area contributed by atoms with Crippen molar-refractivity contribution >= 4 is 17.5 Å². The third-order valence-corrected chi connectivity index (χ3v) is 6.45. The lowest BCUT2D eigenvalue weighted by molar-refractivity contribution is -0.133. The Labute approximate surface area is 173 Å². The van der Waals surface area contributed by atoms with Gasteiger partial charge in [-0.15, -0.1) is 0 Å². The van der Waals surface area contributed by atoms with Crippen molar-refractivity contribution in [2.24, 2.45) is 5.92 Å². The summed E-state index contributed by atoms with van der Waals surface area (Å²) in [6.45, 7) is 3.75. The monoisotopic (exact) mass is 392 g/mol. The number of anilines is 2. The molecular weight excluding hydrogens is 360 g/mol. The van der Waals surface area contributed by atoms with Crippen LogP contribution in [0.3, 0.4) is 0 Å². The van der Waals surface area contributed by atoms with Crippen LogP contribution in [0.1, 0.15) is 68.5 Å². The fraction of sp³-hybridized carbons (Fsp3) is 0.542. The van der Waals surface area contributed by atoms with Crippen LogP contribution in [0.2, 0.25) is 0 Å². The molecule has 1 amide bonds. The van der Waals surface area contributed by atoms with Crippen LogP contribution in [0.25, 0.3) is 0 Å². The van der Waals surface area contributed by atoms with Gasteiger partial charge in [-0.1, -0.05) is 37.5 Å². The van der Waals surface area contributed by atoms with Crippen molar-refractivity contribution in [3.63, 3.8) is 0 Å². The van der Waals surface area contributed by atoms with E-state index in [0.29, 0.717) is 23.7 Å². The lowest BCUT2D eigenvalue weighted by atomic mass is 9.86. The van der Waals surface area contributed by atoms with Crippen molar-refractivity contribution < 1.29 is 4.79 Å². The smallest absolute Gasteiger partial charge is 0.227 e. The largest absolute Gasteiger partial charge is 0.342 e. The maximum Gasteiger partial charge on any atom is 0.227 e. The fourth-order valence-corrected chi connectivity index (χ4v) is 4.71. The highest BCUT2D eigenvalue weighted by molar-refractivity contribution is 5.76. The summed E-state index contributed by atoms with van der Waals surface area (Å²) in [7, 11) is 0. The summed E-state index contributed by atoms with van der Waals surface area (Å²) in [5.74, 6) is 1.86. The number of likely N-dealkylation sites (tertiary alicyclic amines) is 1. The van der Waals surface area contributed by atoms with Crippen molar-refractivity contribution in [2.45, 2.75) is 64.2 Å². The first-order chi connectivity index (χ1) is 14.2. The van der Waals surface area contributed by atoms with Crippen LogP contribution in [0, 0.1) is 12.8 Å². The van der Waals surface area contributed by atoms with Crippen molar-refractivity contribution in [1.29, 1.82) is 0 Å². The van der Waals surface area contributed by atoms with Crippen molar-refractivity contribution in [2.75, 3.05) is 18.4 Å². The summed E-state index contributed by atoms with van der Waals surface area (Å²) in [5, 5.41) is 3.34. The van der Waals surface area contributed by atoms with Gasteiger partial charge in [-0.25, -0.2) is 9.97 Å². The number of hydrogen-bond acceptors (Lipinski definition) is 4. The Kier molecular flexibility index (Phi) is 6.43. The number of carbonyl (C=O) groups excluding carboxylic acids is 1. The molecule has 29 heavy (non-hydrogen) atoms. The van der Waals surface area contributed by atoms with E-state index in [9.17, 15) is 4.79 Å². The minimum Gasteiger partial charge on any atom is -0.342 e. The number of amides is 1. The van der Waals surface area contributed by atoms with Gasteiger partial charge in [-0.05, 0) is 56.2 Å². The van der Waals surface area contributed by atoms with E-state index < -0.39 is 0 Å². The fourth-order valence-electron chi connectivity index (χ4n) is 4.71. The number of benzene rings is 1. The first-order valence-corrected chi connectivity index (χ1v) is 11.1. The molecule has 0 unspecified atom stereocenters. The van der Waals surface area contributed by atoms with Crippen LogP contribution in [0.4, 0.5) is 11.6 Å². The van der Waals surface area contributed by atoms with E-state index in [0.717, 1.165) is 43.7 Å². The quantitative estimate of drug-likeness (QED) is 0.759. The van der Waals surface area contributed by atoms with Crippen LogP contribution < -0.4 is 5.32 Å². The van der Waals surface area contributed by atoms with Crippen molar-refractivity contribution in [3.8, 4) is 0 Å². The summed E-state index contributed by atoms with van der Waals surface area (Å²) in [6.07, 6.45) is 11.0. The molecule has 0 spiro atoms. The van der Waals surface area contributed by atoms with Gasteiger partial charge in [0.25, 0.3) is 0 Å². The number of aryl methyl sites for hydroxylation is 1. The van der Waals surface area contributed by atoms with Gasteiger partial charge in [0.05, 0.1) is 5.69 Å². The van der Waals surface area contributed by atoms with Crippen LogP contribution in [-0.2, 0) is 4.79 Å². The third-order valence-electron chi connectivity index (χ3n) is 6.45. The molecule has 1 aromatic carbocycles. The van der Waals surface area contributed by atoms with Crippen LogP contribution in [0.5, 0.6) is 0 Å². The number of nitrogens with one attached hydrogen (secondary N) is 1. The molecule has 1 saturated carbocycles. The zero-order chi connectivity index (χ0) is 20.1. The van der Waals surface area contributed by atoms with Gasteiger partial charge < -0.3 is 10.2 Å². The Morgan fingerprint density at radius 2 is 1.93 bits per heavy atom. The lowest BCUT2D eigenvalue weighted by Gasteiger charge is -2.34. The normalized spacial score (nSPS) is 20.4. The summed E-state index contributed by atoms with van der Waals surface area (Å²) in [6, 6.07) is 10.2. The second kappa shape index (κ2) is 9.38. The summed E-state index contributed by atoms with van der Waals surface area (Å²) >= 11 is 0. The molecule has 5 nitrogen and oxygen atoms in total. The van der Waals surface area contributed by atoms with Gasteiger partial charge in [0.2, 0.25) is 11.9 Å². The predicted octanol–water partition coefficient (Wildman–Crippen LogP) is 5.21. The highest BCUT2D eigenvalue weighted by Crippen LogP contribution is 2.30. The molecule has 1 aliphatic heterocycles. The summed E-state index contributed by atoms with van der Waals surface area (Å²) in [4.78, 5) is 24.1. The van der Waals surface area contributed by atoms with E-state index in [-0.39, 0.29) is 0 Å². The van der Waals surface area contributed by atoms with Crippen LogP contribution in [-0.4, -0.2) is 33.9 Å². The van der Waals surface area contributed by atoms with E-state index >= 15 is 0 Å². The third kappa shape index (κ3) is 5.14. The number of carbonyl (C=O) groups is 1. The zero-order valence-corrected chi connectivity index (χ0v) is 17.4. The van der Waals surface area contributed by atoms with Gasteiger partial charge in [-0.2, -0.15) is 0 Å². The number of hydrogen-bond donors (Lipinski definition) is 1. The molecule has 1 aliphatic carbocycles. The second-order valence-electron chi connectivity index (χ2n) is 8.63.